The van der Waals surface area contributed by atoms with Crippen molar-refractivity contribution < 1.29 is 4.79 Å². The Morgan fingerprint density at radius 2 is 1.67 bits per heavy atom. The van der Waals surface area contributed by atoms with E-state index in [0.29, 0.717) is 24.5 Å². The predicted molar refractivity (Wildman–Crippen MR) is 74.4 cm³/mol. The molecule has 0 unspecified atom stereocenters. The normalized spacial score (nSPS) is 24.1. The van der Waals surface area contributed by atoms with E-state index in [0.717, 1.165) is 0 Å². The van der Waals surface area contributed by atoms with Crippen LogP contribution in [0, 0.1) is 5.92 Å². The summed E-state index contributed by atoms with van der Waals surface area (Å²) in [6, 6.07) is 0.934. The standard InChI is InChI=1S/C15H28N2O/c1-12(13-7-3-2-4-8-13)17-15(18)11-16-14-9-5-6-10-14/h12-14,16H,2-11H2,1H3,(H,17,18)/t12-/m0/s1. The van der Waals surface area contributed by atoms with Crippen LogP contribution in [0.1, 0.15) is 64.7 Å². The van der Waals surface area contributed by atoms with Crippen molar-refractivity contribution in [1.82, 2.24) is 10.6 Å². The Balaban J connectivity index is 1.62. The fourth-order valence-electron chi connectivity index (χ4n) is 3.42. The highest BCUT2D eigenvalue weighted by Crippen LogP contribution is 2.26. The van der Waals surface area contributed by atoms with Crippen LogP contribution in [0.2, 0.25) is 0 Å². The van der Waals surface area contributed by atoms with Crippen LogP contribution < -0.4 is 10.6 Å². The Hall–Kier alpha value is -0.570. The lowest BCUT2D eigenvalue weighted by Crippen LogP contribution is -2.44. The van der Waals surface area contributed by atoms with Crippen LogP contribution in [-0.4, -0.2) is 24.5 Å². The molecule has 104 valence electrons. The molecule has 0 aliphatic heterocycles. The van der Waals surface area contributed by atoms with Crippen molar-refractivity contribution in [3.63, 3.8) is 0 Å². The maximum atomic E-state index is 11.9. The topological polar surface area (TPSA) is 41.1 Å². The Bertz CT molecular complexity index is 255. The molecule has 1 atom stereocenters. The maximum absolute atomic E-state index is 11.9. The van der Waals surface area contributed by atoms with Crippen LogP contribution in [0.25, 0.3) is 0 Å². The Labute approximate surface area is 111 Å². The molecule has 0 heterocycles. The molecule has 18 heavy (non-hydrogen) atoms. The summed E-state index contributed by atoms with van der Waals surface area (Å²) in [7, 11) is 0. The van der Waals surface area contributed by atoms with Crippen LogP contribution >= 0.6 is 0 Å². The van der Waals surface area contributed by atoms with Gasteiger partial charge < -0.3 is 10.6 Å². The molecule has 2 saturated carbocycles. The number of nitrogens with one attached hydrogen (secondary N) is 2. The van der Waals surface area contributed by atoms with Crippen molar-refractivity contribution in [2.75, 3.05) is 6.54 Å². The zero-order chi connectivity index (χ0) is 12.8. The summed E-state index contributed by atoms with van der Waals surface area (Å²) in [6.45, 7) is 2.67. The van der Waals surface area contributed by atoms with E-state index in [1.54, 1.807) is 0 Å². The second-order valence-electron chi connectivity index (χ2n) is 6.12. The van der Waals surface area contributed by atoms with Crippen molar-refractivity contribution in [3.8, 4) is 0 Å². The van der Waals surface area contributed by atoms with Gasteiger partial charge in [-0.15, -0.1) is 0 Å². The van der Waals surface area contributed by atoms with Gasteiger partial charge in [-0.2, -0.15) is 0 Å². The quantitative estimate of drug-likeness (QED) is 0.789. The largest absolute Gasteiger partial charge is 0.352 e. The molecule has 1 amide bonds. The first-order valence-corrected chi connectivity index (χ1v) is 7.78. The third-order valence-corrected chi connectivity index (χ3v) is 4.65. The van der Waals surface area contributed by atoms with E-state index >= 15 is 0 Å². The van der Waals surface area contributed by atoms with E-state index in [-0.39, 0.29) is 5.91 Å². The number of rotatable bonds is 5. The van der Waals surface area contributed by atoms with Crippen LogP contribution in [0.15, 0.2) is 0 Å². The molecule has 2 fully saturated rings. The molecule has 0 aromatic heterocycles. The maximum Gasteiger partial charge on any atom is 0.234 e. The smallest absolute Gasteiger partial charge is 0.234 e. The first-order chi connectivity index (χ1) is 8.75. The van der Waals surface area contributed by atoms with Gasteiger partial charge in [-0.05, 0) is 38.5 Å². The van der Waals surface area contributed by atoms with E-state index < -0.39 is 0 Å². The fourth-order valence-corrected chi connectivity index (χ4v) is 3.42. The highest BCUT2D eigenvalue weighted by atomic mass is 16.1. The van der Waals surface area contributed by atoms with Crippen LogP contribution in [0.5, 0.6) is 0 Å². The minimum atomic E-state index is 0.181. The van der Waals surface area contributed by atoms with Crippen molar-refractivity contribution >= 4 is 5.91 Å². The third kappa shape index (κ3) is 4.27. The molecule has 0 spiro atoms. The summed E-state index contributed by atoms with van der Waals surface area (Å²) in [5, 5.41) is 6.55. The molecule has 0 saturated heterocycles. The molecule has 2 N–H and O–H groups in total. The van der Waals surface area contributed by atoms with Gasteiger partial charge in [0.15, 0.2) is 0 Å². The van der Waals surface area contributed by atoms with Gasteiger partial charge in [-0.1, -0.05) is 32.1 Å². The van der Waals surface area contributed by atoms with Gasteiger partial charge in [0.05, 0.1) is 6.54 Å². The van der Waals surface area contributed by atoms with Crippen molar-refractivity contribution in [1.29, 1.82) is 0 Å². The fraction of sp³-hybridized carbons (Fsp3) is 0.933. The SMILES string of the molecule is C[C@H](NC(=O)CNC1CCCC1)C1CCCCC1. The molecule has 2 aliphatic carbocycles. The number of hydrogen-bond donors (Lipinski definition) is 2. The van der Waals surface area contributed by atoms with Gasteiger partial charge in [-0.3, -0.25) is 4.79 Å². The van der Waals surface area contributed by atoms with Crippen LogP contribution in [-0.2, 0) is 4.79 Å². The summed E-state index contributed by atoms with van der Waals surface area (Å²) in [6.07, 6.45) is 11.7. The van der Waals surface area contributed by atoms with Gasteiger partial charge in [0.25, 0.3) is 0 Å². The minimum Gasteiger partial charge on any atom is -0.352 e. The summed E-state index contributed by atoms with van der Waals surface area (Å²) in [4.78, 5) is 11.9. The predicted octanol–water partition coefficient (Wildman–Crippen LogP) is 2.60. The van der Waals surface area contributed by atoms with Crippen LogP contribution in [0.4, 0.5) is 0 Å². The number of amides is 1. The highest BCUT2D eigenvalue weighted by molar-refractivity contribution is 5.78. The van der Waals surface area contributed by atoms with E-state index in [9.17, 15) is 4.79 Å². The molecule has 0 aromatic carbocycles. The lowest BCUT2D eigenvalue weighted by atomic mass is 9.84. The molecule has 2 rings (SSSR count). The van der Waals surface area contributed by atoms with Gasteiger partial charge in [-0.25, -0.2) is 0 Å². The van der Waals surface area contributed by atoms with Crippen molar-refractivity contribution in [2.45, 2.75) is 76.8 Å². The summed E-state index contributed by atoms with van der Waals surface area (Å²) in [5.41, 5.74) is 0. The molecular weight excluding hydrogens is 224 g/mol. The van der Waals surface area contributed by atoms with Gasteiger partial charge >= 0.3 is 0 Å². The second-order valence-corrected chi connectivity index (χ2v) is 6.12. The molecular formula is C15H28N2O. The molecule has 0 aromatic rings. The number of carbonyl (C=O) groups is 1. The average Bonchev–Trinajstić information content (AvgIpc) is 2.90. The highest BCUT2D eigenvalue weighted by Gasteiger charge is 2.22. The summed E-state index contributed by atoms with van der Waals surface area (Å²) >= 11 is 0. The number of hydrogen-bond acceptors (Lipinski definition) is 2. The Morgan fingerprint density at radius 1 is 1.06 bits per heavy atom. The van der Waals surface area contributed by atoms with Gasteiger partial charge in [0, 0.05) is 12.1 Å². The molecule has 0 radical (unpaired) electrons. The van der Waals surface area contributed by atoms with Crippen molar-refractivity contribution in [2.24, 2.45) is 5.92 Å². The average molecular weight is 252 g/mol. The van der Waals surface area contributed by atoms with Gasteiger partial charge in [0.2, 0.25) is 5.91 Å². The number of carbonyl (C=O) groups excluding carboxylic acids is 1. The lowest BCUT2D eigenvalue weighted by molar-refractivity contribution is -0.121. The summed E-state index contributed by atoms with van der Waals surface area (Å²) < 4.78 is 0. The first kappa shape index (κ1) is 13.9. The molecule has 3 nitrogen and oxygen atoms in total. The van der Waals surface area contributed by atoms with Crippen LogP contribution in [0.3, 0.4) is 0 Å². The Kier molecular flexibility index (Phi) is 5.48. The molecule has 2 aliphatic rings. The van der Waals surface area contributed by atoms with E-state index in [1.165, 1.54) is 57.8 Å². The Morgan fingerprint density at radius 3 is 2.33 bits per heavy atom. The zero-order valence-electron chi connectivity index (χ0n) is 11.7. The van der Waals surface area contributed by atoms with Gasteiger partial charge in [0.1, 0.15) is 0 Å². The monoisotopic (exact) mass is 252 g/mol. The lowest BCUT2D eigenvalue weighted by Gasteiger charge is -2.28. The summed E-state index contributed by atoms with van der Waals surface area (Å²) in [5.74, 6) is 0.883. The first-order valence-electron chi connectivity index (χ1n) is 7.78. The molecule has 0 bridgehead atoms. The molecule has 3 heteroatoms. The van der Waals surface area contributed by atoms with E-state index in [1.807, 2.05) is 0 Å². The zero-order valence-corrected chi connectivity index (χ0v) is 11.7. The van der Waals surface area contributed by atoms with E-state index in [2.05, 4.69) is 17.6 Å². The van der Waals surface area contributed by atoms with E-state index in [4.69, 9.17) is 0 Å². The third-order valence-electron chi connectivity index (χ3n) is 4.65. The second kappa shape index (κ2) is 7.13. The van der Waals surface area contributed by atoms with Crippen molar-refractivity contribution in [3.05, 3.63) is 0 Å². The minimum absolute atomic E-state index is 0.181.